The minimum absolute atomic E-state index is 0.00633. The topological polar surface area (TPSA) is 62.3 Å². The first kappa shape index (κ1) is 27.1. The summed E-state index contributed by atoms with van der Waals surface area (Å²) in [6.07, 6.45) is 1.74. The molecular weight excluding hydrogens is 526 g/mol. The number of aryl methyl sites for hydroxylation is 1. The van der Waals surface area contributed by atoms with Gasteiger partial charge < -0.3 is 19.3 Å². The van der Waals surface area contributed by atoms with Gasteiger partial charge in [-0.2, -0.15) is 0 Å². The highest BCUT2D eigenvalue weighted by atomic mass is 16.5. The summed E-state index contributed by atoms with van der Waals surface area (Å²) in [4.78, 5) is 32.8. The van der Waals surface area contributed by atoms with Gasteiger partial charge in [0.05, 0.1) is 19.3 Å². The highest BCUT2D eigenvalue weighted by molar-refractivity contribution is 6.09. The van der Waals surface area contributed by atoms with Crippen LogP contribution in [0.1, 0.15) is 27.0 Å². The van der Waals surface area contributed by atoms with Crippen LogP contribution >= 0.6 is 0 Å². The largest absolute Gasteiger partial charge is 0.497 e. The molecule has 0 saturated carbocycles. The summed E-state index contributed by atoms with van der Waals surface area (Å²) in [5, 5.41) is 0. The molecule has 6 rings (SSSR count). The lowest BCUT2D eigenvalue weighted by atomic mass is 10.1. The normalized spacial score (nSPS) is 15.8. The molecular formula is C35H33N3O4. The molecule has 1 saturated heterocycles. The number of ether oxygens (including phenoxy) is 2. The van der Waals surface area contributed by atoms with Crippen LogP contribution in [0.25, 0.3) is 6.08 Å². The lowest BCUT2D eigenvalue weighted by molar-refractivity contribution is -0.117. The maximum Gasteiger partial charge on any atom is 0.294 e. The van der Waals surface area contributed by atoms with Gasteiger partial charge in [-0.15, -0.1) is 0 Å². The van der Waals surface area contributed by atoms with Gasteiger partial charge in [0.2, 0.25) is 0 Å². The van der Waals surface area contributed by atoms with Crippen molar-refractivity contribution < 1.29 is 19.1 Å². The third kappa shape index (κ3) is 5.72. The van der Waals surface area contributed by atoms with Crippen molar-refractivity contribution in [1.29, 1.82) is 0 Å². The highest BCUT2D eigenvalue weighted by Crippen LogP contribution is 2.36. The van der Waals surface area contributed by atoms with Crippen LogP contribution in [0.5, 0.6) is 11.5 Å². The van der Waals surface area contributed by atoms with Crippen molar-refractivity contribution in [3.8, 4) is 11.5 Å². The van der Waals surface area contributed by atoms with Crippen LogP contribution in [0.3, 0.4) is 0 Å². The predicted octanol–water partition coefficient (Wildman–Crippen LogP) is 5.93. The van der Waals surface area contributed by atoms with Crippen LogP contribution in [-0.2, 0) is 11.3 Å². The maximum absolute atomic E-state index is 13.6. The first-order chi connectivity index (χ1) is 20.5. The average Bonchev–Trinajstić information content (AvgIpc) is 3.03. The van der Waals surface area contributed by atoms with Crippen molar-refractivity contribution in [3.63, 3.8) is 0 Å². The summed E-state index contributed by atoms with van der Waals surface area (Å²) in [5.41, 5.74) is 5.47. The third-order valence-electron chi connectivity index (χ3n) is 7.71. The Hall–Kier alpha value is -5.04. The molecule has 7 nitrogen and oxygen atoms in total. The molecule has 0 radical (unpaired) electrons. The summed E-state index contributed by atoms with van der Waals surface area (Å²) in [7, 11) is 1.66. The number of carbonyl (C=O) groups excluding carboxylic acids is 2. The molecule has 0 spiro atoms. The first-order valence-electron chi connectivity index (χ1n) is 14.1. The Morgan fingerprint density at radius 3 is 2.33 bits per heavy atom. The fourth-order valence-electron chi connectivity index (χ4n) is 5.43. The monoisotopic (exact) mass is 559 g/mol. The molecule has 0 N–H and O–H groups in total. The minimum Gasteiger partial charge on any atom is -0.497 e. The van der Waals surface area contributed by atoms with Gasteiger partial charge in [-0.3, -0.25) is 14.5 Å². The lowest BCUT2D eigenvalue weighted by Crippen LogP contribution is -2.48. The number of para-hydroxylation sites is 2. The zero-order chi connectivity index (χ0) is 29.1. The summed E-state index contributed by atoms with van der Waals surface area (Å²) in [6, 6.07) is 31.1. The number of carbonyl (C=O) groups is 2. The molecule has 2 aliphatic rings. The van der Waals surface area contributed by atoms with E-state index in [9.17, 15) is 9.59 Å². The molecule has 0 unspecified atom stereocenters. The minimum atomic E-state index is -0.204. The Bertz CT molecular complexity index is 1620. The molecule has 2 amide bonds. The van der Waals surface area contributed by atoms with Gasteiger partial charge in [0, 0.05) is 37.4 Å². The van der Waals surface area contributed by atoms with Crippen LogP contribution in [0.4, 0.5) is 11.4 Å². The van der Waals surface area contributed by atoms with Crippen molar-refractivity contribution >= 4 is 29.3 Å². The van der Waals surface area contributed by atoms with Gasteiger partial charge in [0.25, 0.3) is 11.8 Å². The number of hydrogen-bond acceptors (Lipinski definition) is 5. The molecule has 212 valence electrons. The molecule has 2 aliphatic heterocycles. The van der Waals surface area contributed by atoms with Gasteiger partial charge in [-0.05, 0) is 72.7 Å². The summed E-state index contributed by atoms with van der Waals surface area (Å²) < 4.78 is 11.3. The van der Waals surface area contributed by atoms with E-state index in [0.717, 1.165) is 46.9 Å². The first-order valence-corrected chi connectivity index (χ1v) is 14.1. The van der Waals surface area contributed by atoms with Crippen molar-refractivity contribution in [2.75, 3.05) is 43.1 Å². The maximum atomic E-state index is 13.6. The molecule has 42 heavy (non-hydrogen) atoms. The number of piperazine rings is 1. The van der Waals surface area contributed by atoms with Crippen LogP contribution in [0.2, 0.25) is 0 Å². The van der Waals surface area contributed by atoms with E-state index in [2.05, 4.69) is 11.0 Å². The molecule has 2 heterocycles. The zero-order valence-corrected chi connectivity index (χ0v) is 23.8. The van der Waals surface area contributed by atoms with Crippen LogP contribution < -0.4 is 19.3 Å². The molecule has 0 atom stereocenters. The third-order valence-corrected chi connectivity index (χ3v) is 7.71. The molecule has 4 aromatic carbocycles. The van der Waals surface area contributed by atoms with E-state index in [0.29, 0.717) is 30.9 Å². The number of rotatable bonds is 6. The average molecular weight is 560 g/mol. The SMILES string of the molecule is COc1ccc(N2CCN(C(=O)c3ccc(C=C4Oc5ccccc5N(Cc5cccc(C)c5)C4=O)cc3)CC2)cc1. The number of nitrogens with zero attached hydrogens (tertiary/aromatic N) is 3. The second kappa shape index (κ2) is 11.8. The molecule has 0 bridgehead atoms. The standard InChI is InChI=1S/C35H33N3O4/c1-25-6-5-7-27(22-25)24-38-31-8-3-4-9-32(31)42-33(35(38)40)23-26-10-12-28(13-11-26)34(39)37-20-18-36(19-21-37)29-14-16-30(41-2)17-15-29/h3-17,22-23H,18-21,24H2,1-2H3. The van der Waals surface area contributed by atoms with E-state index in [1.54, 1.807) is 18.1 Å². The quantitative estimate of drug-likeness (QED) is 0.274. The van der Waals surface area contributed by atoms with Crippen molar-refractivity contribution in [2.45, 2.75) is 13.5 Å². The van der Waals surface area contributed by atoms with E-state index in [-0.39, 0.29) is 17.6 Å². The fraction of sp³-hybridized carbons (Fsp3) is 0.200. The number of hydrogen-bond donors (Lipinski definition) is 0. The Kier molecular flexibility index (Phi) is 7.64. The van der Waals surface area contributed by atoms with E-state index < -0.39 is 0 Å². The van der Waals surface area contributed by atoms with Gasteiger partial charge in [0.1, 0.15) is 5.75 Å². The second-order valence-electron chi connectivity index (χ2n) is 10.6. The highest BCUT2D eigenvalue weighted by Gasteiger charge is 2.30. The van der Waals surface area contributed by atoms with Crippen LogP contribution in [0, 0.1) is 6.92 Å². The number of benzene rings is 4. The molecule has 1 fully saturated rings. The number of amides is 2. The van der Waals surface area contributed by atoms with Crippen LogP contribution in [-0.4, -0.2) is 50.0 Å². The number of methoxy groups -OCH3 is 1. The van der Waals surface area contributed by atoms with Crippen molar-refractivity contribution in [1.82, 2.24) is 4.90 Å². The lowest BCUT2D eigenvalue weighted by Gasteiger charge is -2.36. The molecule has 4 aromatic rings. The van der Waals surface area contributed by atoms with Crippen molar-refractivity contribution in [2.24, 2.45) is 0 Å². The summed E-state index contributed by atoms with van der Waals surface area (Å²) in [6.45, 7) is 5.31. The predicted molar refractivity (Wildman–Crippen MR) is 165 cm³/mol. The second-order valence-corrected chi connectivity index (χ2v) is 10.6. The van der Waals surface area contributed by atoms with E-state index in [1.165, 1.54) is 0 Å². The van der Waals surface area contributed by atoms with Gasteiger partial charge in [-0.25, -0.2) is 0 Å². The summed E-state index contributed by atoms with van der Waals surface area (Å²) >= 11 is 0. The fourth-order valence-corrected chi connectivity index (χ4v) is 5.43. The van der Waals surface area contributed by atoms with Crippen molar-refractivity contribution in [3.05, 3.63) is 125 Å². The molecule has 0 aromatic heterocycles. The molecule has 0 aliphatic carbocycles. The zero-order valence-electron chi connectivity index (χ0n) is 23.8. The Labute approximate surface area is 246 Å². The van der Waals surface area contributed by atoms with Crippen LogP contribution in [0.15, 0.2) is 103 Å². The van der Waals surface area contributed by atoms with Gasteiger partial charge in [0.15, 0.2) is 11.5 Å². The Balaban J connectivity index is 1.14. The Morgan fingerprint density at radius 2 is 1.62 bits per heavy atom. The Morgan fingerprint density at radius 1 is 0.881 bits per heavy atom. The van der Waals surface area contributed by atoms with Gasteiger partial charge >= 0.3 is 0 Å². The van der Waals surface area contributed by atoms with E-state index >= 15 is 0 Å². The van der Waals surface area contributed by atoms with E-state index in [4.69, 9.17) is 9.47 Å². The number of anilines is 2. The van der Waals surface area contributed by atoms with Gasteiger partial charge in [-0.1, -0.05) is 54.1 Å². The summed E-state index contributed by atoms with van der Waals surface area (Å²) in [5.74, 6) is 1.51. The smallest absolute Gasteiger partial charge is 0.294 e. The van der Waals surface area contributed by atoms with E-state index in [1.807, 2.05) is 103 Å². The number of fused-ring (bicyclic) bond motifs is 1. The molecule has 7 heteroatoms.